The van der Waals surface area contributed by atoms with Gasteiger partial charge in [0.25, 0.3) is 0 Å². The molecule has 6 heteroatoms. The number of aromatic nitrogens is 2. The van der Waals surface area contributed by atoms with E-state index < -0.39 is 0 Å². The normalized spacial score (nSPS) is 11.1. The van der Waals surface area contributed by atoms with Gasteiger partial charge in [-0.3, -0.25) is 0 Å². The summed E-state index contributed by atoms with van der Waals surface area (Å²) in [4.78, 5) is 7.70. The maximum Gasteiger partial charge on any atom is 0.138 e. The molecule has 3 N–H and O–H groups in total. The van der Waals surface area contributed by atoms with Crippen molar-refractivity contribution < 1.29 is 0 Å². The molecule has 0 unspecified atom stereocenters. The summed E-state index contributed by atoms with van der Waals surface area (Å²) in [5, 5.41) is 1.13. The first-order chi connectivity index (χ1) is 9.02. The number of nitrogens with one attached hydrogen (secondary N) is 1. The number of H-pyrrole nitrogens is 1. The van der Waals surface area contributed by atoms with Gasteiger partial charge in [0.05, 0.1) is 11.2 Å². The van der Waals surface area contributed by atoms with Gasteiger partial charge in [0.2, 0.25) is 0 Å². The molecule has 0 radical (unpaired) electrons. The van der Waals surface area contributed by atoms with Crippen molar-refractivity contribution in [3.8, 4) is 11.4 Å². The summed E-state index contributed by atoms with van der Waals surface area (Å²) >= 11 is 15.4. The number of nitrogen functional groups attached to an aromatic ring is 1. The number of anilines is 1. The van der Waals surface area contributed by atoms with Crippen molar-refractivity contribution in [1.82, 2.24) is 9.97 Å². The quantitative estimate of drug-likeness (QED) is 0.610. The Labute approximate surface area is 127 Å². The molecule has 3 rings (SSSR count). The van der Waals surface area contributed by atoms with Crippen LogP contribution in [-0.4, -0.2) is 9.97 Å². The summed E-state index contributed by atoms with van der Waals surface area (Å²) in [7, 11) is 0. The third-order valence-electron chi connectivity index (χ3n) is 2.72. The molecule has 0 atom stereocenters. The second-order valence-electron chi connectivity index (χ2n) is 4.13. The molecule has 2 aromatic carbocycles. The van der Waals surface area contributed by atoms with Crippen molar-refractivity contribution >= 4 is 55.9 Å². The first-order valence-corrected chi connectivity index (χ1v) is 6.99. The number of benzene rings is 2. The number of nitrogens with zero attached hydrogens (tertiary/aromatic N) is 1. The van der Waals surface area contributed by atoms with Crippen molar-refractivity contribution in [3.05, 3.63) is 44.8 Å². The zero-order valence-electron chi connectivity index (χ0n) is 9.55. The number of fused-ring (bicyclic) bond motifs is 1. The predicted octanol–water partition coefficient (Wildman–Crippen LogP) is 4.88. The molecule has 96 valence electrons. The molecule has 3 aromatic rings. The molecule has 0 amide bonds. The Bertz CT molecular complexity index is 763. The minimum Gasteiger partial charge on any atom is -0.397 e. The lowest BCUT2D eigenvalue weighted by molar-refractivity contribution is 1.34. The number of hydrogen-bond donors (Lipinski definition) is 2. The number of hydrogen-bond acceptors (Lipinski definition) is 2. The first-order valence-electron chi connectivity index (χ1n) is 5.44. The molecule has 0 spiro atoms. The van der Waals surface area contributed by atoms with E-state index in [0.29, 0.717) is 21.6 Å². The minimum absolute atomic E-state index is 0.567. The van der Waals surface area contributed by atoms with Crippen LogP contribution in [0.5, 0.6) is 0 Å². The molecule has 0 fully saturated rings. The maximum atomic E-state index is 6.00. The Morgan fingerprint density at radius 3 is 2.42 bits per heavy atom. The highest BCUT2D eigenvalue weighted by Gasteiger charge is 2.10. The van der Waals surface area contributed by atoms with Crippen molar-refractivity contribution in [3.63, 3.8) is 0 Å². The van der Waals surface area contributed by atoms with Crippen LogP contribution >= 0.6 is 39.1 Å². The van der Waals surface area contributed by atoms with Crippen LogP contribution in [0.15, 0.2) is 34.8 Å². The number of halogens is 3. The van der Waals surface area contributed by atoms with E-state index >= 15 is 0 Å². The van der Waals surface area contributed by atoms with E-state index in [4.69, 9.17) is 28.9 Å². The van der Waals surface area contributed by atoms with E-state index in [2.05, 4.69) is 25.9 Å². The van der Waals surface area contributed by atoms with Crippen LogP contribution in [0.1, 0.15) is 0 Å². The van der Waals surface area contributed by atoms with Crippen LogP contribution in [-0.2, 0) is 0 Å². The number of aromatic amines is 1. The summed E-state index contributed by atoms with van der Waals surface area (Å²) in [6.07, 6.45) is 0. The lowest BCUT2D eigenvalue weighted by Gasteiger charge is -1.98. The standard InChI is InChI=1S/C13H8BrCl2N3/c14-7-3-10(17)12-11(4-7)18-13(19-12)6-1-8(15)5-9(16)2-6/h1-5H,17H2,(H,18,19). The second-order valence-corrected chi connectivity index (χ2v) is 5.92. The fourth-order valence-corrected chi connectivity index (χ4v) is 2.94. The van der Waals surface area contributed by atoms with E-state index in [1.54, 1.807) is 18.2 Å². The van der Waals surface area contributed by atoms with Crippen LogP contribution in [0.25, 0.3) is 22.4 Å². The molecule has 0 aliphatic carbocycles. The molecule has 3 nitrogen and oxygen atoms in total. The molecule has 0 aliphatic rings. The topological polar surface area (TPSA) is 54.7 Å². The molecule has 1 aromatic heterocycles. The smallest absolute Gasteiger partial charge is 0.138 e. The van der Waals surface area contributed by atoms with Gasteiger partial charge in [-0.25, -0.2) is 4.98 Å². The van der Waals surface area contributed by atoms with Gasteiger partial charge in [-0.15, -0.1) is 0 Å². The summed E-state index contributed by atoms with van der Waals surface area (Å²) in [6.45, 7) is 0. The number of imidazole rings is 1. The monoisotopic (exact) mass is 355 g/mol. The summed E-state index contributed by atoms with van der Waals surface area (Å²) < 4.78 is 0.900. The Balaban J connectivity index is 2.23. The highest BCUT2D eigenvalue weighted by atomic mass is 79.9. The predicted molar refractivity (Wildman–Crippen MR) is 83.7 cm³/mol. The SMILES string of the molecule is Nc1cc(Br)cc2[nH]c(-c3cc(Cl)cc(Cl)c3)nc12. The van der Waals surface area contributed by atoms with Crippen molar-refractivity contribution in [1.29, 1.82) is 0 Å². The van der Waals surface area contributed by atoms with Crippen LogP contribution < -0.4 is 5.73 Å². The Morgan fingerprint density at radius 2 is 1.74 bits per heavy atom. The molecule has 0 bridgehead atoms. The Kier molecular flexibility index (Phi) is 3.17. The third-order valence-corrected chi connectivity index (χ3v) is 3.61. The fourth-order valence-electron chi connectivity index (χ4n) is 1.93. The van der Waals surface area contributed by atoms with E-state index in [1.165, 1.54) is 0 Å². The van der Waals surface area contributed by atoms with Crippen LogP contribution in [0.2, 0.25) is 10.0 Å². The zero-order valence-corrected chi connectivity index (χ0v) is 12.6. The first kappa shape index (κ1) is 12.8. The summed E-state index contributed by atoms with van der Waals surface area (Å²) in [5.41, 5.74) is 8.97. The minimum atomic E-state index is 0.567. The number of rotatable bonds is 1. The van der Waals surface area contributed by atoms with Gasteiger partial charge in [0.1, 0.15) is 11.3 Å². The molecule has 1 heterocycles. The van der Waals surface area contributed by atoms with Crippen LogP contribution in [0.4, 0.5) is 5.69 Å². The van der Waals surface area contributed by atoms with E-state index in [0.717, 1.165) is 21.1 Å². The van der Waals surface area contributed by atoms with E-state index in [1.807, 2.05) is 12.1 Å². The fraction of sp³-hybridized carbons (Fsp3) is 0. The maximum absolute atomic E-state index is 6.00. The van der Waals surface area contributed by atoms with Gasteiger partial charge < -0.3 is 10.7 Å². The van der Waals surface area contributed by atoms with Crippen LogP contribution in [0.3, 0.4) is 0 Å². The van der Waals surface area contributed by atoms with Gasteiger partial charge in [-0.2, -0.15) is 0 Å². The number of nitrogens with two attached hydrogens (primary N) is 1. The Hall–Kier alpha value is -1.23. The van der Waals surface area contributed by atoms with E-state index in [-0.39, 0.29) is 0 Å². The second kappa shape index (κ2) is 4.71. The summed E-state index contributed by atoms with van der Waals surface area (Å²) in [6, 6.07) is 9.03. The molecular formula is C13H8BrCl2N3. The molecule has 0 aliphatic heterocycles. The van der Waals surface area contributed by atoms with Crippen molar-refractivity contribution in [2.75, 3.05) is 5.73 Å². The largest absolute Gasteiger partial charge is 0.397 e. The van der Waals surface area contributed by atoms with Crippen LogP contribution in [0, 0.1) is 0 Å². The highest BCUT2D eigenvalue weighted by Crippen LogP contribution is 2.30. The lowest BCUT2D eigenvalue weighted by atomic mass is 10.2. The lowest BCUT2D eigenvalue weighted by Crippen LogP contribution is -1.86. The molecule has 19 heavy (non-hydrogen) atoms. The zero-order chi connectivity index (χ0) is 13.6. The van der Waals surface area contributed by atoms with Crippen molar-refractivity contribution in [2.45, 2.75) is 0 Å². The van der Waals surface area contributed by atoms with E-state index in [9.17, 15) is 0 Å². The third kappa shape index (κ3) is 2.43. The average molecular weight is 357 g/mol. The highest BCUT2D eigenvalue weighted by molar-refractivity contribution is 9.10. The van der Waals surface area contributed by atoms with Gasteiger partial charge in [-0.05, 0) is 30.3 Å². The average Bonchev–Trinajstić information content (AvgIpc) is 2.71. The van der Waals surface area contributed by atoms with Crippen molar-refractivity contribution in [2.24, 2.45) is 0 Å². The molecular weight excluding hydrogens is 349 g/mol. The van der Waals surface area contributed by atoms with Gasteiger partial charge in [0.15, 0.2) is 0 Å². The molecule has 0 saturated carbocycles. The summed E-state index contributed by atoms with van der Waals surface area (Å²) in [5.74, 6) is 0.684. The Morgan fingerprint density at radius 1 is 1.05 bits per heavy atom. The molecule has 0 saturated heterocycles. The van der Waals surface area contributed by atoms with Gasteiger partial charge in [-0.1, -0.05) is 39.1 Å². The van der Waals surface area contributed by atoms with Gasteiger partial charge in [0, 0.05) is 20.1 Å². The van der Waals surface area contributed by atoms with Gasteiger partial charge >= 0.3 is 0 Å².